The number of amides is 1. The molecule has 5 nitrogen and oxygen atoms in total. The standard InChI is InChI=1S/C15H19N3O2/c16-12-1-2-14-11(9-12)3-6-18(14)10-15(19)17-13-4-7-20-8-5-13/h1-3,6,9,13H,4-5,7-8,10,16H2,(H,17,19). The van der Waals surface area contributed by atoms with Gasteiger partial charge < -0.3 is 20.4 Å². The number of aromatic nitrogens is 1. The van der Waals surface area contributed by atoms with E-state index in [0.29, 0.717) is 6.54 Å². The van der Waals surface area contributed by atoms with Crippen LogP contribution in [0.15, 0.2) is 30.5 Å². The Morgan fingerprint density at radius 2 is 2.15 bits per heavy atom. The predicted molar refractivity (Wildman–Crippen MR) is 78.3 cm³/mol. The van der Waals surface area contributed by atoms with Crippen LogP contribution in [-0.2, 0) is 16.1 Å². The van der Waals surface area contributed by atoms with Crippen LogP contribution in [0, 0.1) is 0 Å². The highest BCUT2D eigenvalue weighted by Gasteiger charge is 2.16. The second-order valence-electron chi connectivity index (χ2n) is 5.22. The molecule has 0 saturated carbocycles. The second kappa shape index (κ2) is 5.54. The van der Waals surface area contributed by atoms with Crippen molar-refractivity contribution in [3.8, 4) is 0 Å². The van der Waals surface area contributed by atoms with Gasteiger partial charge in [0.2, 0.25) is 5.91 Å². The summed E-state index contributed by atoms with van der Waals surface area (Å²) >= 11 is 0. The van der Waals surface area contributed by atoms with Crippen LogP contribution in [0.5, 0.6) is 0 Å². The Labute approximate surface area is 117 Å². The molecule has 2 heterocycles. The van der Waals surface area contributed by atoms with Gasteiger partial charge in [0.1, 0.15) is 6.54 Å². The van der Waals surface area contributed by atoms with Crippen LogP contribution in [0.3, 0.4) is 0 Å². The summed E-state index contributed by atoms with van der Waals surface area (Å²) in [6.45, 7) is 1.80. The first kappa shape index (κ1) is 13.0. The molecule has 1 fully saturated rings. The van der Waals surface area contributed by atoms with E-state index < -0.39 is 0 Å². The summed E-state index contributed by atoms with van der Waals surface area (Å²) < 4.78 is 7.24. The van der Waals surface area contributed by atoms with Crippen molar-refractivity contribution in [2.75, 3.05) is 18.9 Å². The third kappa shape index (κ3) is 2.77. The van der Waals surface area contributed by atoms with Crippen molar-refractivity contribution in [2.45, 2.75) is 25.4 Å². The third-order valence-electron chi connectivity index (χ3n) is 3.70. The number of benzene rings is 1. The molecule has 0 bridgehead atoms. The minimum atomic E-state index is 0.0474. The van der Waals surface area contributed by atoms with E-state index >= 15 is 0 Å². The van der Waals surface area contributed by atoms with Gasteiger partial charge in [-0.3, -0.25) is 4.79 Å². The molecule has 0 aliphatic carbocycles. The molecular formula is C15H19N3O2. The molecule has 1 saturated heterocycles. The highest BCUT2D eigenvalue weighted by Crippen LogP contribution is 2.18. The van der Waals surface area contributed by atoms with E-state index in [1.807, 2.05) is 35.0 Å². The highest BCUT2D eigenvalue weighted by atomic mass is 16.5. The van der Waals surface area contributed by atoms with Gasteiger partial charge in [-0.15, -0.1) is 0 Å². The normalized spacial score (nSPS) is 16.4. The van der Waals surface area contributed by atoms with Gasteiger partial charge in [-0.05, 0) is 37.1 Å². The minimum Gasteiger partial charge on any atom is -0.399 e. The Morgan fingerprint density at radius 3 is 2.95 bits per heavy atom. The van der Waals surface area contributed by atoms with Crippen molar-refractivity contribution in [1.29, 1.82) is 0 Å². The van der Waals surface area contributed by atoms with Crippen molar-refractivity contribution in [3.63, 3.8) is 0 Å². The molecule has 106 valence electrons. The lowest BCUT2D eigenvalue weighted by Gasteiger charge is -2.23. The summed E-state index contributed by atoms with van der Waals surface area (Å²) in [7, 11) is 0. The second-order valence-corrected chi connectivity index (χ2v) is 5.22. The summed E-state index contributed by atoms with van der Waals surface area (Å²) in [5, 5.41) is 4.13. The fourth-order valence-electron chi connectivity index (χ4n) is 2.63. The molecule has 1 aromatic carbocycles. The van der Waals surface area contributed by atoms with Gasteiger partial charge >= 0.3 is 0 Å². The number of nitrogens with two attached hydrogens (primary N) is 1. The fraction of sp³-hybridized carbons (Fsp3) is 0.400. The molecule has 0 radical (unpaired) electrons. The Kier molecular flexibility index (Phi) is 3.60. The molecular weight excluding hydrogens is 254 g/mol. The summed E-state index contributed by atoms with van der Waals surface area (Å²) in [4.78, 5) is 12.1. The lowest BCUT2D eigenvalue weighted by molar-refractivity contribution is -0.122. The molecule has 3 N–H and O–H groups in total. The maximum atomic E-state index is 12.1. The number of carbonyl (C=O) groups excluding carboxylic acids is 1. The monoisotopic (exact) mass is 273 g/mol. The minimum absolute atomic E-state index is 0.0474. The van der Waals surface area contributed by atoms with E-state index in [-0.39, 0.29) is 11.9 Å². The molecule has 1 aliphatic heterocycles. The number of ether oxygens (including phenoxy) is 1. The van der Waals surface area contributed by atoms with Gasteiger partial charge in [-0.25, -0.2) is 0 Å². The zero-order valence-corrected chi connectivity index (χ0v) is 11.3. The number of rotatable bonds is 3. The van der Waals surface area contributed by atoms with E-state index in [9.17, 15) is 4.79 Å². The number of nitrogen functional groups attached to an aromatic ring is 1. The number of hydrogen-bond acceptors (Lipinski definition) is 3. The average Bonchev–Trinajstić information content (AvgIpc) is 2.82. The van der Waals surface area contributed by atoms with Gasteiger partial charge in [-0.2, -0.15) is 0 Å². The largest absolute Gasteiger partial charge is 0.399 e. The maximum absolute atomic E-state index is 12.1. The molecule has 20 heavy (non-hydrogen) atoms. The first-order valence-corrected chi connectivity index (χ1v) is 6.94. The van der Waals surface area contributed by atoms with E-state index in [2.05, 4.69) is 5.32 Å². The van der Waals surface area contributed by atoms with Gasteiger partial charge in [-0.1, -0.05) is 0 Å². The number of fused-ring (bicyclic) bond motifs is 1. The smallest absolute Gasteiger partial charge is 0.240 e. The molecule has 0 unspecified atom stereocenters. The van der Waals surface area contributed by atoms with Crippen molar-refractivity contribution in [1.82, 2.24) is 9.88 Å². The van der Waals surface area contributed by atoms with E-state index in [1.54, 1.807) is 0 Å². The van der Waals surface area contributed by atoms with Gasteiger partial charge in [0.05, 0.1) is 0 Å². The van der Waals surface area contributed by atoms with Gasteiger partial charge in [0, 0.05) is 42.0 Å². The fourth-order valence-corrected chi connectivity index (χ4v) is 2.63. The maximum Gasteiger partial charge on any atom is 0.240 e. The molecule has 1 aromatic heterocycles. The topological polar surface area (TPSA) is 69.3 Å². The third-order valence-corrected chi connectivity index (χ3v) is 3.70. The van der Waals surface area contributed by atoms with Crippen LogP contribution in [0.25, 0.3) is 10.9 Å². The van der Waals surface area contributed by atoms with E-state index in [1.165, 1.54) is 0 Å². The number of carbonyl (C=O) groups is 1. The first-order chi connectivity index (χ1) is 9.72. The Hall–Kier alpha value is -2.01. The number of anilines is 1. The molecule has 2 aromatic rings. The van der Waals surface area contributed by atoms with E-state index in [4.69, 9.17) is 10.5 Å². The zero-order chi connectivity index (χ0) is 13.9. The number of nitrogens with zero attached hydrogens (tertiary/aromatic N) is 1. The lowest BCUT2D eigenvalue weighted by atomic mass is 10.1. The lowest BCUT2D eigenvalue weighted by Crippen LogP contribution is -2.40. The molecule has 1 aliphatic rings. The van der Waals surface area contributed by atoms with Crippen LogP contribution in [-0.4, -0.2) is 29.7 Å². The van der Waals surface area contributed by atoms with Gasteiger partial charge in [0.15, 0.2) is 0 Å². The Balaban J connectivity index is 1.67. The van der Waals surface area contributed by atoms with Crippen LogP contribution < -0.4 is 11.1 Å². The number of nitrogens with one attached hydrogen (secondary N) is 1. The summed E-state index contributed by atoms with van der Waals surface area (Å²) in [6.07, 6.45) is 3.72. The summed E-state index contributed by atoms with van der Waals surface area (Å²) in [5.41, 5.74) is 7.52. The van der Waals surface area contributed by atoms with Gasteiger partial charge in [0.25, 0.3) is 0 Å². The van der Waals surface area contributed by atoms with Crippen molar-refractivity contribution < 1.29 is 9.53 Å². The molecule has 5 heteroatoms. The van der Waals surface area contributed by atoms with Crippen molar-refractivity contribution >= 4 is 22.5 Å². The zero-order valence-electron chi connectivity index (χ0n) is 11.3. The Morgan fingerprint density at radius 1 is 1.35 bits per heavy atom. The van der Waals surface area contributed by atoms with Crippen LogP contribution in [0.4, 0.5) is 5.69 Å². The molecule has 3 rings (SSSR count). The molecule has 0 spiro atoms. The Bertz CT molecular complexity index is 615. The SMILES string of the molecule is Nc1ccc2c(ccn2CC(=O)NC2CCOCC2)c1. The van der Waals surface area contributed by atoms with E-state index in [0.717, 1.165) is 42.6 Å². The molecule has 0 atom stereocenters. The predicted octanol–water partition coefficient (Wildman–Crippen LogP) is 1.52. The van der Waals surface area contributed by atoms with Crippen LogP contribution in [0.2, 0.25) is 0 Å². The number of hydrogen-bond donors (Lipinski definition) is 2. The highest BCUT2D eigenvalue weighted by molar-refractivity contribution is 5.85. The quantitative estimate of drug-likeness (QED) is 0.833. The average molecular weight is 273 g/mol. The van der Waals surface area contributed by atoms with Crippen LogP contribution in [0.1, 0.15) is 12.8 Å². The summed E-state index contributed by atoms with van der Waals surface area (Å²) in [5.74, 6) is 0.0474. The summed E-state index contributed by atoms with van der Waals surface area (Å²) in [6, 6.07) is 7.95. The first-order valence-electron chi connectivity index (χ1n) is 6.94. The van der Waals surface area contributed by atoms with Crippen molar-refractivity contribution in [2.24, 2.45) is 0 Å². The van der Waals surface area contributed by atoms with Crippen LogP contribution >= 0.6 is 0 Å². The van der Waals surface area contributed by atoms with Crippen molar-refractivity contribution in [3.05, 3.63) is 30.5 Å². The molecule has 1 amide bonds.